The van der Waals surface area contributed by atoms with Gasteiger partial charge in [-0.05, 0) is 60.9 Å². The first kappa shape index (κ1) is 20.1. The van der Waals surface area contributed by atoms with Crippen LogP contribution in [-0.4, -0.2) is 20.6 Å². The summed E-state index contributed by atoms with van der Waals surface area (Å²) in [4.78, 5) is 4.96. The van der Waals surface area contributed by atoms with Crippen molar-refractivity contribution < 1.29 is 9.94 Å². The number of oxime groups is 1. The van der Waals surface area contributed by atoms with E-state index in [2.05, 4.69) is 34.0 Å². The highest BCUT2D eigenvalue weighted by molar-refractivity contribution is 6.00. The number of fused-ring (bicyclic) bond motifs is 1. The van der Waals surface area contributed by atoms with Gasteiger partial charge < -0.3 is 20.2 Å². The van der Waals surface area contributed by atoms with Crippen LogP contribution in [0.1, 0.15) is 42.9 Å². The third kappa shape index (κ3) is 3.91. The molecule has 0 saturated heterocycles. The molecule has 4 aromatic rings. The van der Waals surface area contributed by atoms with Crippen molar-refractivity contribution in [3.63, 3.8) is 0 Å². The van der Waals surface area contributed by atoms with Crippen molar-refractivity contribution in [1.82, 2.24) is 9.55 Å². The summed E-state index contributed by atoms with van der Waals surface area (Å²) in [5, 5.41) is 12.2. The molecule has 6 heteroatoms. The van der Waals surface area contributed by atoms with Crippen LogP contribution in [0, 0.1) is 0 Å². The van der Waals surface area contributed by atoms with E-state index in [4.69, 9.17) is 20.7 Å². The first-order valence-corrected chi connectivity index (χ1v) is 11.0. The molecule has 0 unspecified atom stereocenters. The lowest BCUT2D eigenvalue weighted by atomic mass is 10.1. The van der Waals surface area contributed by atoms with E-state index in [1.807, 2.05) is 48.5 Å². The van der Waals surface area contributed by atoms with Gasteiger partial charge in [0, 0.05) is 17.2 Å². The van der Waals surface area contributed by atoms with Gasteiger partial charge in [-0.1, -0.05) is 48.3 Å². The van der Waals surface area contributed by atoms with E-state index in [0.717, 1.165) is 46.6 Å². The summed E-state index contributed by atoms with van der Waals surface area (Å²) < 4.78 is 8.31. The fraction of sp³-hybridized carbons (Fsp3) is 0.231. The van der Waals surface area contributed by atoms with Crippen molar-refractivity contribution in [3.05, 3.63) is 83.9 Å². The zero-order valence-electron chi connectivity index (χ0n) is 17.8. The van der Waals surface area contributed by atoms with Gasteiger partial charge in [0.15, 0.2) is 5.84 Å². The molecule has 1 saturated carbocycles. The smallest absolute Gasteiger partial charge is 0.170 e. The van der Waals surface area contributed by atoms with Crippen LogP contribution in [0.2, 0.25) is 0 Å². The molecule has 1 aliphatic rings. The highest BCUT2D eigenvalue weighted by Gasteiger charge is 2.23. The van der Waals surface area contributed by atoms with Gasteiger partial charge in [0.2, 0.25) is 0 Å². The second kappa shape index (κ2) is 8.75. The summed E-state index contributed by atoms with van der Waals surface area (Å²) in [5.41, 5.74) is 10.6. The minimum Gasteiger partial charge on any atom is -0.489 e. The maximum Gasteiger partial charge on any atom is 0.170 e. The number of benzene rings is 3. The average Bonchev–Trinajstić information content (AvgIpc) is 3.50. The topological polar surface area (TPSA) is 85.7 Å². The Hall–Kier alpha value is -3.80. The van der Waals surface area contributed by atoms with Gasteiger partial charge in [0.05, 0.1) is 11.0 Å². The third-order valence-electron chi connectivity index (χ3n) is 6.14. The van der Waals surface area contributed by atoms with E-state index >= 15 is 0 Å². The van der Waals surface area contributed by atoms with E-state index in [1.165, 1.54) is 12.8 Å². The molecule has 0 amide bonds. The standard InChI is InChI=1S/C26H26N4O2/c27-25(29-31)20-12-15-24-23(16-20)28-26(30(24)21-8-4-5-9-21)19-10-13-22(14-11-19)32-17-18-6-2-1-3-7-18/h1-3,6-7,10-16,21,31H,4-5,8-9,17H2,(H2,27,29). The molecule has 6 nitrogen and oxygen atoms in total. The Kier molecular flexibility index (Phi) is 5.50. The Morgan fingerprint density at radius 2 is 1.78 bits per heavy atom. The first-order chi connectivity index (χ1) is 15.7. The number of aromatic nitrogens is 2. The molecule has 1 aliphatic carbocycles. The van der Waals surface area contributed by atoms with Gasteiger partial charge in [0.25, 0.3) is 0 Å². The fourth-order valence-corrected chi connectivity index (χ4v) is 4.49. The monoisotopic (exact) mass is 426 g/mol. The minimum atomic E-state index is 0.0868. The molecular formula is C26H26N4O2. The van der Waals surface area contributed by atoms with E-state index in [-0.39, 0.29) is 5.84 Å². The van der Waals surface area contributed by atoms with Crippen LogP contribution in [0.3, 0.4) is 0 Å². The highest BCUT2D eigenvalue weighted by Crippen LogP contribution is 2.37. The lowest BCUT2D eigenvalue weighted by Crippen LogP contribution is -2.12. The van der Waals surface area contributed by atoms with Gasteiger partial charge in [-0.2, -0.15) is 0 Å². The summed E-state index contributed by atoms with van der Waals surface area (Å²) in [6.45, 7) is 0.539. The molecule has 1 aromatic heterocycles. The summed E-state index contributed by atoms with van der Waals surface area (Å²) in [7, 11) is 0. The molecular weight excluding hydrogens is 400 g/mol. The molecule has 1 heterocycles. The lowest BCUT2D eigenvalue weighted by molar-refractivity contribution is 0.306. The van der Waals surface area contributed by atoms with Crippen LogP contribution in [0.4, 0.5) is 0 Å². The normalized spacial score (nSPS) is 14.8. The number of nitrogens with zero attached hydrogens (tertiary/aromatic N) is 3. The minimum absolute atomic E-state index is 0.0868. The SMILES string of the molecule is NC(=NO)c1ccc2c(c1)nc(-c1ccc(OCc3ccccc3)cc1)n2C1CCCC1. The van der Waals surface area contributed by atoms with Crippen LogP contribution in [0.5, 0.6) is 5.75 Å². The van der Waals surface area contributed by atoms with Crippen molar-refractivity contribution in [2.75, 3.05) is 0 Å². The molecule has 0 bridgehead atoms. The number of amidine groups is 1. The summed E-state index contributed by atoms with van der Waals surface area (Å²) in [5.74, 6) is 1.86. The molecule has 3 aromatic carbocycles. The Labute approximate surface area is 187 Å². The lowest BCUT2D eigenvalue weighted by Gasteiger charge is -2.17. The zero-order chi connectivity index (χ0) is 21.9. The molecule has 32 heavy (non-hydrogen) atoms. The predicted octanol–water partition coefficient (Wildman–Crippen LogP) is 5.49. The summed E-state index contributed by atoms with van der Waals surface area (Å²) >= 11 is 0. The van der Waals surface area contributed by atoms with Gasteiger partial charge in [-0.25, -0.2) is 4.98 Å². The van der Waals surface area contributed by atoms with Crippen LogP contribution in [-0.2, 0) is 6.61 Å². The van der Waals surface area contributed by atoms with Crippen molar-refractivity contribution in [2.45, 2.75) is 38.3 Å². The van der Waals surface area contributed by atoms with E-state index in [0.29, 0.717) is 18.2 Å². The zero-order valence-corrected chi connectivity index (χ0v) is 17.8. The summed E-state index contributed by atoms with van der Waals surface area (Å²) in [6, 6.07) is 24.5. The van der Waals surface area contributed by atoms with Crippen molar-refractivity contribution in [2.24, 2.45) is 10.9 Å². The van der Waals surface area contributed by atoms with Crippen LogP contribution >= 0.6 is 0 Å². The number of ether oxygens (including phenoxy) is 1. The molecule has 0 atom stereocenters. The average molecular weight is 427 g/mol. The van der Waals surface area contributed by atoms with Gasteiger partial charge in [0.1, 0.15) is 18.2 Å². The highest BCUT2D eigenvalue weighted by atomic mass is 16.5. The molecule has 162 valence electrons. The Morgan fingerprint density at radius 3 is 2.50 bits per heavy atom. The molecule has 5 rings (SSSR count). The third-order valence-corrected chi connectivity index (χ3v) is 6.14. The van der Waals surface area contributed by atoms with Crippen molar-refractivity contribution in [3.8, 4) is 17.1 Å². The Balaban J connectivity index is 1.48. The van der Waals surface area contributed by atoms with E-state index in [9.17, 15) is 0 Å². The maximum absolute atomic E-state index is 9.04. The Bertz CT molecular complexity index is 1240. The van der Waals surface area contributed by atoms with E-state index < -0.39 is 0 Å². The Morgan fingerprint density at radius 1 is 1.03 bits per heavy atom. The summed E-state index contributed by atoms with van der Waals surface area (Å²) in [6.07, 6.45) is 4.77. The maximum atomic E-state index is 9.04. The fourth-order valence-electron chi connectivity index (χ4n) is 4.49. The number of rotatable bonds is 6. The van der Waals surface area contributed by atoms with Crippen LogP contribution in [0.15, 0.2) is 78.0 Å². The van der Waals surface area contributed by atoms with Crippen molar-refractivity contribution >= 4 is 16.9 Å². The molecule has 0 radical (unpaired) electrons. The predicted molar refractivity (Wildman–Crippen MR) is 126 cm³/mol. The van der Waals surface area contributed by atoms with Gasteiger partial charge in [-0.3, -0.25) is 0 Å². The first-order valence-electron chi connectivity index (χ1n) is 11.0. The van der Waals surface area contributed by atoms with Crippen molar-refractivity contribution in [1.29, 1.82) is 0 Å². The second-order valence-corrected chi connectivity index (χ2v) is 8.23. The van der Waals surface area contributed by atoms with Gasteiger partial charge in [-0.15, -0.1) is 0 Å². The van der Waals surface area contributed by atoms with Crippen LogP contribution < -0.4 is 10.5 Å². The molecule has 3 N–H and O–H groups in total. The molecule has 0 aliphatic heterocycles. The van der Waals surface area contributed by atoms with Crippen LogP contribution in [0.25, 0.3) is 22.4 Å². The molecule has 1 fully saturated rings. The second-order valence-electron chi connectivity index (χ2n) is 8.23. The van der Waals surface area contributed by atoms with E-state index in [1.54, 1.807) is 0 Å². The number of hydrogen-bond acceptors (Lipinski definition) is 4. The van der Waals surface area contributed by atoms with Gasteiger partial charge >= 0.3 is 0 Å². The quantitative estimate of drug-likeness (QED) is 0.185. The molecule has 0 spiro atoms. The largest absolute Gasteiger partial charge is 0.489 e. The number of hydrogen-bond donors (Lipinski definition) is 2. The number of nitrogens with two attached hydrogens (primary N) is 1. The number of imidazole rings is 1.